The van der Waals surface area contributed by atoms with Crippen molar-refractivity contribution in [1.82, 2.24) is 10.6 Å². The van der Waals surface area contributed by atoms with E-state index in [1.165, 1.54) is 0 Å². The van der Waals surface area contributed by atoms with E-state index in [2.05, 4.69) is 47.0 Å². The Kier molecular flexibility index (Phi) is 10.9. The van der Waals surface area contributed by atoms with Gasteiger partial charge in [0.25, 0.3) is 0 Å². The van der Waals surface area contributed by atoms with Crippen LogP contribution in [0.3, 0.4) is 0 Å². The molecule has 2 aromatic rings. The Bertz CT molecular complexity index is 883. The summed E-state index contributed by atoms with van der Waals surface area (Å²) in [6, 6.07) is 17.2. The zero-order chi connectivity index (χ0) is 19.6. The van der Waals surface area contributed by atoms with Crippen LogP contribution >= 0.6 is 15.9 Å². The van der Waals surface area contributed by atoms with Crippen molar-refractivity contribution in [3.05, 3.63) is 70.2 Å². The first-order chi connectivity index (χ1) is 13.0. The zero-order valence-corrected chi connectivity index (χ0v) is 19.1. The van der Waals surface area contributed by atoms with Gasteiger partial charge in [-0.2, -0.15) is 10.2 Å². The van der Waals surface area contributed by atoms with Crippen molar-refractivity contribution in [2.24, 2.45) is 20.4 Å². The summed E-state index contributed by atoms with van der Waals surface area (Å²) in [7, 11) is 3.38. The molecule has 1 radical (unpaired) electrons. The normalized spacial score (nSPS) is 13.0. The predicted molar refractivity (Wildman–Crippen MR) is 121 cm³/mol. The summed E-state index contributed by atoms with van der Waals surface area (Å²) in [5.74, 6) is 0. The van der Waals surface area contributed by atoms with E-state index in [1.54, 1.807) is 14.1 Å². The monoisotopic (exact) mass is 523 g/mol. The van der Waals surface area contributed by atoms with E-state index >= 15 is 0 Å². The van der Waals surface area contributed by atoms with Crippen LogP contribution in [0.4, 0.5) is 0 Å². The summed E-state index contributed by atoms with van der Waals surface area (Å²) in [5, 5.41) is 22.9. The van der Waals surface area contributed by atoms with Crippen molar-refractivity contribution < 1.29 is 17.1 Å². The van der Waals surface area contributed by atoms with Gasteiger partial charge >= 0.3 is 17.1 Å². The molecule has 0 aliphatic rings. The van der Waals surface area contributed by atoms with E-state index in [4.69, 9.17) is 25.3 Å². The molecule has 0 bridgehead atoms. The Hall–Kier alpha value is -1.84. The third kappa shape index (κ3) is 7.29. The van der Waals surface area contributed by atoms with E-state index in [1.807, 2.05) is 54.6 Å². The third-order valence-corrected chi connectivity index (χ3v) is 4.40. The number of nitrogens with zero attached hydrogens (tertiary/aromatic N) is 4. The minimum absolute atomic E-state index is 0. The largest absolute Gasteiger partial charge is 2.00 e. The molecule has 2 aromatic carbocycles. The van der Waals surface area contributed by atoms with E-state index in [0.29, 0.717) is 11.4 Å². The van der Waals surface area contributed by atoms with Crippen molar-refractivity contribution in [2.75, 3.05) is 14.1 Å². The zero-order valence-electron chi connectivity index (χ0n) is 15.0. The van der Waals surface area contributed by atoms with Gasteiger partial charge in [0, 0.05) is 29.7 Å². The van der Waals surface area contributed by atoms with Crippen LogP contribution in [-0.4, -0.2) is 35.9 Å². The average Bonchev–Trinajstić information content (AvgIpc) is 2.71. The van der Waals surface area contributed by atoms with Crippen LogP contribution in [0.1, 0.15) is 11.1 Å². The van der Waals surface area contributed by atoms with Crippen LogP contribution < -0.4 is 10.6 Å². The third-order valence-electron chi connectivity index (χ3n) is 3.30. The molecule has 0 atom stereocenters. The molecule has 0 fully saturated rings. The van der Waals surface area contributed by atoms with Crippen molar-refractivity contribution >= 4 is 62.9 Å². The molecule has 10 heteroatoms. The molecular weight excluding hydrogens is 508 g/mol. The van der Waals surface area contributed by atoms with Gasteiger partial charge in [0.1, 0.15) is 11.4 Å². The van der Waals surface area contributed by atoms with Crippen molar-refractivity contribution in [2.45, 2.75) is 0 Å². The summed E-state index contributed by atoms with van der Waals surface area (Å²) in [5.41, 5.74) is 2.69. The summed E-state index contributed by atoms with van der Waals surface area (Å²) < 4.78 is 0.951. The smallest absolute Gasteiger partial charge is 0.741 e. The van der Waals surface area contributed by atoms with E-state index in [9.17, 15) is 0 Å². The minimum Gasteiger partial charge on any atom is -0.741 e. The van der Waals surface area contributed by atoms with E-state index < -0.39 is 0 Å². The molecule has 0 aliphatic carbocycles. The Morgan fingerprint density at radius 3 is 1.57 bits per heavy atom. The first-order valence-corrected chi connectivity index (χ1v) is 9.48. The van der Waals surface area contributed by atoms with Crippen LogP contribution in [0.25, 0.3) is 0 Å². The second kappa shape index (κ2) is 12.6. The number of hydrogen-bond acceptors (Lipinski definition) is 6. The predicted octanol–water partition coefficient (Wildman–Crippen LogP) is 2.80. The van der Waals surface area contributed by atoms with Gasteiger partial charge in [0.05, 0.1) is 0 Å². The number of benzene rings is 2. The fraction of sp³-hybridized carbons (Fsp3) is 0.111. The van der Waals surface area contributed by atoms with Crippen LogP contribution in [0.5, 0.6) is 0 Å². The van der Waals surface area contributed by atoms with Gasteiger partial charge in [-0.05, 0) is 22.5 Å². The number of hydrogen-bond donors (Lipinski definition) is 2. The molecule has 2 N–H and O–H groups in total. The van der Waals surface area contributed by atoms with Gasteiger partial charge in [-0.15, -0.1) is 10.2 Å². The van der Waals surface area contributed by atoms with E-state index in [0.717, 1.165) is 15.6 Å². The van der Waals surface area contributed by atoms with Gasteiger partial charge < -0.3 is 35.9 Å². The summed E-state index contributed by atoms with van der Waals surface area (Å²) in [4.78, 5) is 0. The number of halogens is 1. The molecule has 6 nitrogen and oxygen atoms in total. The quantitative estimate of drug-likeness (QED) is 0.207. The molecular formula is C18H17BrCuN6S2. The maximum atomic E-state index is 5.09. The molecule has 149 valence electrons. The minimum atomic E-state index is 0. The maximum absolute atomic E-state index is 5.09. The molecule has 0 saturated carbocycles. The Morgan fingerprint density at radius 1 is 0.714 bits per heavy atom. The van der Waals surface area contributed by atoms with Crippen LogP contribution in [-0.2, 0) is 42.3 Å². The molecule has 2 rings (SSSR count). The SMILES string of the molecule is CN/C([S-])=N/N=C(/C(=N/N=C(\[S-])NC)c1ccc(Br)cc1)c1ccccc1.[Cu+2]. The number of rotatable bonds is 5. The van der Waals surface area contributed by atoms with Gasteiger partial charge in [0.15, 0.2) is 0 Å². The van der Waals surface area contributed by atoms with Gasteiger partial charge in [-0.1, -0.05) is 58.4 Å². The van der Waals surface area contributed by atoms with Crippen LogP contribution in [0, 0.1) is 0 Å². The molecule has 0 amide bonds. The summed E-state index contributed by atoms with van der Waals surface area (Å²) >= 11 is 13.6. The van der Waals surface area contributed by atoms with Crippen molar-refractivity contribution in [3.63, 3.8) is 0 Å². The summed E-state index contributed by atoms with van der Waals surface area (Å²) in [6.07, 6.45) is 0. The first kappa shape index (κ1) is 24.2. The Balaban J connectivity index is 0.00000392. The fourth-order valence-electron chi connectivity index (χ4n) is 1.98. The van der Waals surface area contributed by atoms with Gasteiger partial charge in [-0.25, -0.2) is 0 Å². The maximum Gasteiger partial charge on any atom is 2.00 e. The van der Waals surface area contributed by atoms with Crippen LogP contribution in [0.15, 0.2) is 79.5 Å². The molecule has 28 heavy (non-hydrogen) atoms. The molecule has 0 aromatic heterocycles. The van der Waals surface area contributed by atoms with Crippen molar-refractivity contribution in [1.29, 1.82) is 0 Å². The Labute approximate surface area is 194 Å². The second-order valence-electron chi connectivity index (χ2n) is 5.08. The number of amidine groups is 2. The van der Waals surface area contributed by atoms with Gasteiger partial charge in [-0.3, -0.25) is 0 Å². The van der Waals surface area contributed by atoms with Crippen LogP contribution in [0.2, 0.25) is 0 Å². The molecule has 0 saturated heterocycles. The average molecular weight is 525 g/mol. The van der Waals surface area contributed by atoms with Crippen molar-refractivity contribution in [3.8, 4) is 0 Å². The topological polar surface area (TPSA) is 73.5 Å². The van der Waals surface area contributed by atoms with Gasteiger partial charge in [0.2, 0.25) is 0 Å². The summed E-state index contributed by atoms with van der Waals surface area (Å²) in [6.45, 7) is 0. The first-order valence-electron chi connectivity index (χ1n) is 7.87. The standard InChI is InChI=1S/C18H19BrN6S2.Cu/c1-20-17(26)24-22-15(12-6-4-3-5-7-12)16(23-25-18(27)21-2)13-8-10-14(19)11-9-13;/h3-11H,1-2H3,(H2,20,24,26)(H2,21,25,27);/q;+2/p-2/b22-15+,23-16+;. The molecule has 0 unspecified atom stereocenters. The number of nitrogens with one attached hydrogen (secondary N) is 2. The molecule has 0 spiro atoms. The van der Waals surface area contributed by atoms with E-state index in [-0.39, 0.29) is 27.4 Å². The fourth-order valence-corrected chi connectivity index (χ4v) is 2.32. The molecule has 0 heterocycles. The second-order valence-corrected chi connectivity index (χ2v) is 6.77. The Morgan fingerprint density at radius 2 is 1.14 bits per heavy atom. The molecule has 0 aliphatic heterocycles.